The molecule has 2 rings (SSSR count). The SMILES string of the molecule is CNc1nc(N(C)[C@@H](C)c2ccccn2)ncc1Br. The van der Waals surface area contributed by atoms with E-state index < -0.39 is 0 Å². The zero-order valence-corrected chi connectivity index (χ0v) is 12.7. The van der Waals surface area contributed by atoms with Gasteiger partial charge in [0.05, 0.1) is 16.2 Å². The first kappa shape index (κ1) is 13.7. The maximum atomic E-state index is 4.47. The van der Waals surface area contributed by atoms with E-state index in [-0.39, 0.29) is 6.04 Å². The molecule has 0 fully saturated rings. The summed E-state index contributed by atoms with van der Waals surface area (Å²) in [4.78, 5) is 15.2. The Morgan fingerprint density at radius 3 is 2.74 bits per heavy atom. The van der Waals surface area contributed by atoms with E-state index in [1.807, 2.05) is 37.2 Å². The maximum Gasteiger partial charge on any atom is 0.227 e. The number of hydrogen-bond acceptors (Lipinski definition) is 5. The number of rotatable bonds is 4. The Kier molecular flexibility index (Phi) is 4.31. The van der Waals surface area contributed by atoms with Crippen molar-refractivity contribution < 1.29 is 0 Å². The Hall–Kier alpha value is -1.69. The fourth-order valence-electron chi connectivity index (χ4n) is 1.70. The molecule has 0 saturated heterocycles. The van der Waals surface area contributed by atoms with E-state index in [4.69, 9.17) is 0 Å². The summed E-state index contributed by atoms with van der Waals surface area (Å²) in [7, 11) is 3.79. The van der Waals surface area contributed by atoms with Crippen LogP contribution < -0.4 is 10.2 Å². The second-order valence-corrected chi connectivity index (χ2v) is 5.01. The molecular weight excluding hydrogens is 306 g/mol. The normalized spacial score (nSPS) is 12.0. The Balaban J connectivity index is 2.26. The zero-order chi connectivity index (χ0) is 13.8. The first-order valence-electron chi connectivity index (χ1n) is 5.97. The molecule has 1 N–H and O–H groups in total. The summed E-state index contributed by atoms with van der Waals surface area (Å²) in [6.07, 6.45) is 3.54. The van der Waals surface area contributed by atoms with Crippen LogP contribution in [0.25, 0.3) is 0 Å². The molecular formula is C13H16BrN5. The van der Waals surface area contributed by atoms with Crippen molar-refractivity contribution in [1.29, 1.82) is 0 Å². The summed E-state index contributed by atoms with van der Waals surface area (Å²) in [6.45, 7) is 2.08. The van der Waals surface area contributed by atoms with E-state index >= 15 is 0 Å². The van der Waals surface area contributed by atoms with Crippen LogP contribution in [-0.4, -0.2) is 29.0 Å². The average Bonchev–Trinajstić information content (AvgIpc) is 2.47. The fraction of sp³-hybridized carbons (Fsp3) is 0.308. The van der Waals surface area contributed by atoms with Crippen LogP contribution in [0, 0.1) is 0 Å². The molecule has 0 aliphatic rings. The van der Waals surface area contributed by atoms with Crippen molar-refractivity contribution >= 4 is 27.7 Å². The minimum atomic E-state index is 0.104. The lowest BCUT2D eigenvalue weighted by atomic mass is 10.2. The van der Waals surface area contributed by atoms with Crippen molar-refractivity contribution in [2.75, 3.05) is 24.3 Å². The van der Waals surface area contributed by atoms with E-state index in [0.29, 0.717) is 5.95 Å². The second kappa shape index (κ2) is 5.97. The number of nitrogens with zero attached hydrogens (tertiary/aromatic N) is 4. The highest BCUT2D eigenvalue weighted by Gasteiger charge is 2.16. The molecule has 0 saturated carbocycles. The van der Waals surface area contributed by atoms with Gasteiger partial charge in [0.25, 0.3) is 0 Å². The fourth-order valence-corrected chi connectivity index (χ4v) is 2.09. The lowest BCUT2D eigenvalue weighted by Gasteiger charge is -2.24. The van der Waals surface area contributed by atoms with Crippen molar-refractivity contribution in [1.82, 2.24) is 15.0 Å². The summed E-state index contributed by atoms with van der Waals surface area (Å²) < 4.78 is 0.845. The predicted molar refractivity (Wildman–Crippen MR) is 80.3 cm³/mol. The van der Waals surface area contributed by atoms with Crippen LogP contribution in [0.4, 0.5) is 11.8 Å². The summed E-state index contributed by atoms with van der Waals surface area (Å²) >= 11 is 3.40. The lowest BCUT2D eigenvalue weighted by molar-refractivity contribution is 0.693. The van der Waals surface area contributed by atoms with Crippen molar-refractivity contribution in [3.8, 4) is 0 Å². The van der Waals surface area contributed by atoms with Crippen molar-refractivity contribution in [3.63, 3.8) is 0 Å². The second-order valence-electron chi connectivity index (χ2n) is 4.16. The number of nitrogens with one attached hydrogen (secondary N) is 1. The number of anilines is 2. The van der Waals surface area contributed by atoms with E-state index in [9.17, 15) is 0 Å². The predicted octanol–water partition coefficient (Wildman–Crippen LogP) is 2.87. The molecule has 2 aromatic heterocycles. The molecule has 0 spiro atoms. The zero-order valence-electron chi connectivity index (χ0n) is 11.1. The van der Waals surface area contributed by atoms with Gasteiger partial charge >= 0.3 is 0 Å². The maximum absolute atomic E-state index is 4.47. The van der Waals surface area contributed by atoms with Gasteiger partial charge in [-0.3, -0.25) is 4.98 Å². The van der Waals surface area contributed by atoms with Gasteiger partial charge in [0.15, 0.2) is 0 Å². The van der Waals surface area contributed by atoms with E-state index in [2.05, 4.69) is 43.1 Å². The van der Waals surface area contributed by atoms with Crippen LogP contribution in [0.1, 0.15) is 18.7 Å². The molecule has 0 aromatic carbocycles. The first-order chi connectivity index (χ1) is 9.13. The van der Waals surface area contributed by atoms with Gasteiger partial charge in [0.2, 0.25) is 5.95 Å². The molecule has 6 heteroatoms. The molecule has 0 radical (unpaired) electrons. The van der Waals surface area contributed by atoms with Gasteiger partial charge in [-0.1, -0.05) is 6.07 Å². The molecule has 0 bridgehead atoms. The van der Waals surface area contributed by atoms with E-state index in [1.165, 1.54) is 0 Å². The largest absolute Gasteiger partial charge is 0.372 e. The first-order valence-corrected chi connectivity index (χ1v) is 6.77. The van der Waals surface area contributed by atoms with Gasteiger partial charge in [-0.15, -0.1) is 0 Å². The van der Waals surface area contributed by atoms with Crippen LogP contribution in [0.3, 0.4) is 0 Å². The van der Waals surface area contributed by atoms with Crippen LogP contribution in [0.2, 0.25) is 0 Å². The van der Waals surface area contributed by atoms with E-state index in [1.54, 1.807) is 12.4 Å². The molecule has 0 amide bonds. The number of hydrogen-bond donors (Lipinski definition) is 1. The minimum Gasteiger partial charge on any atom is -0.372 e. The molecule has 5 nitrogen and oxygen atoms in total. The van der Waals surface area contributed by atoms with Crippen molar-refractivity contribution in [2.45, 2.75) is 13.0 Å². The van der Waals surface area contributed by atoms with Crippen LogP contribution in [-0.2, 0) is 0 Å². The van der Waals surface area contributed by atoms with Gasteiger partial charge < -0.3 is 10.2 Å². The third kappa shape index (κ3) is 3.01. The van der Waals surface area contributed by atoms with Crippen LogP contribution >= 0.6 is 15.9 Å². The summed E-state index contributed by atoms with van der Waals surface area (Å²) in [5.41, 5.74) is 0.988. The molecule has 0 aliphatic heterocycles. The molecule has 19 heavy (non-hydrogen) atoms. The minimum absolute atomic E-state index is 0.104. The van der Waals surface area contributed by atoms with Crippen LogP contribution in [0.5, 0.6) is 0 Å². The molecule has 100 valence electrons. The van der Waals surface area contributed by atoms with Crippen molar-refractivity contribution in [3.05, 3.63) is 40.8 Å². The van der Waals surface area contributed by atoms with Gasteiger partial charge in [-0.05, 0) is 35.0 Å². The number of halogens is 1. The summed E-state index contributed by atoms with van der Waals surface area (Å²) in [5, 5.41) is 3.03. The highest BCUT2D eigenvalue weighted by molar-refractivity contribution is 9.10. The quantitative estimate of drug-likeness (QED) is 0.938. The smallest absolute Gasteiger partial charge is 0.227 e. The highest BCUT2D eigenvalue weighted by Crippen LogP contribution is 2.25. The average molecular weight is 322 g/mol. The Bertz CT molecular complexity index is 546. The lowest BCUT2D eigenvalue weighted by Crippen LogP contribution is -2.24. The Morgan fingerprint density at radius 2 is 2.11 bits per heavy atom. The van der Waals surface area contributed by atoms with Gasteiger partial charge in [-0.2, -0.15) is 4.98 Å². The topological polar surface area (TPSA) is 53.9 Å². The summed E-state index contributed by atoms with van der Waals surface area (Å²) in [5.74, 6) is 1.43. The molecule has 2 aromatic rings. The molecule has 0 unspecified atom stereocenters. The standard InChI is InChI=1S/C13H16BrN5/c1-9(11-6-4-5-7-16-11)19(3)13-17-8-10(14)12(15-2)18-13/h4-9H,1-3H3,(H,15,17,18)/t9-/m0/s1. The third-order valence-electron chi connectivity index (χ3n) is 2.98. The third-order valence-corrected chi connectivity index (χ3v) is 3.56. The van der Waals surface area contributed by atoms with Gasteiger partial charge in [-0.25, -0.2) is 4.98 Å². The summed E-state index contributed by atoms with van der Waals surface area (Å²) in [6, 6.07) is 5.99. The number of pyridine rings is 1. The number of aromatic nitrogens is 3. The van der Waals surface area contributed by atoms with Crippen molar-refractivity contribution in [2.24, 2.45) is 0 Å². The van der Waals surface area contributed by atoms with Crippen LogP contribution in [0.15, 0.2) is 35.1 Å². The Labute approximate surface area is 121 Å². The Morgan fingerprint density at radius 1 is 1.32 bits per heavy atom. The molecule has 2 heterocycles. The van der Waals surface area contributed by atoms with Gasteiger partial charge in [0.1, 0.15) is 5.82 Å². The monoisotopic (exact) mass is 321 g/mol. The highest BCUT2D eigenvalue weighted by atomic mass is 79.9. The molecule has 1 atom stereocenters. The molecule has 0 aliphatic carbocycles. The van der Waals surface area contributed by atoms with Gasteiger partial charge in [0, 0.05) is 26.5 Å². The van der Waals surface area contributed by atoms with E-state index in [0.717, 1.165) is 16.0 Å².